The third kappa shape index (κ3) is 3.55. The van der Waals surface area contributed by atoms with Crippen LogP contribution in [0.25, 0.3) is 11.5 Å². The molecule has 0 aromatic carbocycles. The smallest absolute Gasteiger partial charge is 0.267 e. The largest absolute Gasteiger partial charge is 0.463 e. The van der Waals surface area contributed by atoms with E-state index in [0.29, 0.717) is 23.2 Å². The molecule has 1 fully saturated rings. The molecule has 1 saturated heterocycles. The van der Waals surface area contributed by atoms with Gasteiger partial charge in [0.15, 0.2) is 5.76 Å². The molecule has 3 aromatic heterocycles. The number of amides is 1. The van der Waals surface area contributed by atoms with Crippen LogP contribution in [-0.2, 0) is 16.1 Å². The van der Waals surface area contributed by atoms with Gasteiger partial charge in [-0.3, -0.25) is 14.9 Å². The van der Waals surface area contributed by atoms with Crippen LogP contribution in [0.4, 0.5) is 5.13 Å². The van der Waals surface area contributed by atoms with Crippen LogP contribution in [0.2, 0.25) is 0 Å². The summed E-state index contributed by atoms with van der Waals surface area (Å²) >= 11 is 1.27. The molecule has 4 heterocycles. The number of hydrogen-bond acceptors (Lipinski definition) is 8. The first-order chi connectivity index (χ1) is 12.7. The van der Waals surface area contributed by atoms with Crippen LogP contribution < -0.4 is 10.9 Å². The van der Waals surface area contributed by atoms with Crippen LogP contribution in [0.1, 0.15) is 24.0 Å². The van der Waals surface area contributed by atoms with Gasteiger partial charge in [-0.05, 0) is 31.0 Å². The van der Waals surface area contributed by atoms with E-state index in [-0.39, 0.29) is 18.2 Å². The maximum atomic E-state index is 12.2. The zero-order valence-corrected chi connectivity index (χ0v) is 14.4. The van der Waals surface area contributed by atoms with Crippen LogP contribution >= 0.6 is 11.3 Å². The molecule has 1 atom stereocenters. The fourth-order valence-corrected chi connectivity index (χ4v) is 3.44. The number of ether oxygens (including phenoxy) is 1. The van der Waals surface area contributed by atoms with E-state index >= 15 is 0 Å². The molecule has 9 nitrogen and oxygen atoms in total. The maximum absolute atomic E-state index is 12.2. The molecule has 26 heavy (non-hydrogen) atoms. The van der Waals surface area contributed by atoms with E-state index in [0.717, 1.165) is 22.5 Å². The number of aromatic nitrogens is 4. The Morgan fingerprint density at radius 2 is 2.27 bits per heavy atom. The van der Waals surface area contributed by atoms with Gasteiger partial charge >= 0.3 is 0 Å². The summed E-state index contributed by atoms with van der Waals surface area (Å²) in [5.74, 6) is 0.107. The quantitative estimate of drug-likeness (QED) is 0.726. The van der Waals surface area contributed by atoms with Crippen molar-refractivity contribution in [2.45, 2.75) is 25.5 Å². The van der Waals surface area contributed by atoms with Crippen molar-refractivity contribution >= 4 is 22.4 Å². The predicted octanol–water partition coefficient (Wildman–Crippen LogP) is 1.84. The fraction of sp³-hybridized carbons (Fsp3) is 0.312. The molecule has 0 unspecified atom stereocenters. The van der Waals surface area contributed by atoms with Crippen LogP contribution in [0, 0.1) is 0 Å². The molecule has 0 aliphatic carbocycles. The molecule has 1 N–H and O–H groups in total. The van der Waals surface area contributed by atoms with Gasteiger partial charge in [-0.15, -0.1) is 10.2 Å². The number of nitrogens with one attached hydrogen (secondary N) is 1. The average molecular weight is 373 g/mol. The van der Waals surface area contributed by atoms with Gasteiger partial charge in [-0.1, -0.05) is 11.3 Å². The standard InChI is InChI=1S/C16H15N5O4S/c22-13(17-16-19-18-15(26-16)12-4-2-8-25-12)9-21-14(23)6-5-10(20-21)11-3-1-7-24-11/h1,3,5-7,12H,2,4,8-9H2,(H,17,19,22)/t12-/m1/s1. The lowest BCUT2D eigenvalue weighted by Crippen LogP contribution is -2.29. The number of hydrogen-bond donors (Lipinski definition) is 1. The molecule has 3 aromatic rings. The third-order valence-corrected chi connectivity index (χ3v) is 4.76. The maximum Gasteiger partial charge on any atom is 0.267 e. The molecule has 1 amide bonds. The lowest BCUT2D eigenvalue weighted by atomic mass is 10.2. The van der Waals surface area contributed by atoms with Gasteiger partial charge in [0.1, 0.15) is 23.4 Å². The molecular weight excluding hydrogens is 358 g/mol. The molecule has 4 rings (SSSR count). The molecule has 0 radical (unpaired) electrons. The Morgan fingerprint density at radius 3 is 3.04 bits per heavy atom. The normalized spacial score (nSPS) is 16.7. The first kappa shape index (κ1) is 16.6. The SMILES string of the molecule is O=C(Cn1nc(-c2ccco2)ccc1=O)Nc1nnc([C@H]2CCCO2)s1. The Morgan fingerprint density at radius 1 is 1.35 bits per heavy atom. The van der Waals surface area contributed by atoms with Crippen LogP contribution in [0.5, 0.6) is 0 Å². The van der Waals surface area contributed by atoms with Gasteiger partial charge in [-0.25, -0.2) is 4.68 Å². The Hall–Kier alpha value is -2.85. The Kier molecular flexibility index (Phi) is 4.59. The van der Waals surface area contributed by atoms with Crippen LogP contribution in [0.3, 0.4) is 0 Å². The van der Waals surface area contributed by atoms with Gasteiger partial charge in [0, 0.05) is 12.7 Å². The second kappa shape index (κ2) is 7.18. The van der Waals surface area contributed by atoms with E-state index in [1.807, 2.05) is 0 Å². The third-order valence-electron chi connectivity index (χ3n) is 3.83. The molecule has 1 aliphatic heterocycles. The summed E-state index contributed by atoms with van der Waals surface area (Å²) in [4.78, 5) is 24.2. The van der Waals surface area contributed by atoms with Crippen molar-refractivity contribution in [1.29, 1.82) is 0 Å². The highest BCUT2D eigenvalue weighted by molar-refractivity contribution is 7.15. The van der Waals surface area contributed by atoms with E-state index in [2.05, 4.69) is 20.6 Å². The van der Waals surface area contributed by atoms with Crippen molar-refractivity contribution in [3.8, 4) is 11.5 Å². The topological polar surface area (TPSA) is 112 Å². The number of anilines is 1. The van der Waals surface area contributed by atoms with Gasteiger partial charge in [0.05, 0.1) is 6.26 Å². The molecule has 10 heteroatoms. The molecule has 134 valence electrons. The lowest BCUT2D eigenvalue weighted by molar-refractivity contribution is -0.117. The number of furan rings is 1. The van der Waals surface area contributed by atoms with Crippen molar-refractivity contribution in [3.05, 3.63) is 45.9 Å². The first-order valence-corrected chi connectivity index (χ1v) is 8.87. The van der Waals surface area contributed by atoms with Crippen LogP contribution in [0.15, 0.2) is 39.7 Å². The van der Waals surface area contributed by atoms with Gasteiger partial charge in [0.25, 0.3) is 5.56 Å². The number of nitrogens with zero attached hydrogens (tertiary/aromatic N) is 4. The van der Waals surface area contributed by atoms with Crippen LogP contribution in [-0.4, -0.2) is 32.5 Å². The van der Waals surface area contributed by atoms with Crippen molar-refractivity contribution in [3.63, 3.8) is 0 Å². The van der Waals surface area contributed by atoms with E-state index < -0.39 is 5.91 Å². The minimum atomic E-state index is -0.411. The molecule has 1 aliphatic rings. The van der Waals surface area contributed by atoms with Crippen molar-refractivity contribution < 1.29 is 13.9 Å². The second-order valence-electron chi connectivity index (χ2n) is 5.69. The summed E-state index contributed by atoms with van der Waals surface area (Å²) < 4.78 is 11.9. The lowest BCUT2D eigenvalue weighted by Gasteiger charge is -2.05. The monoisotopic (exact) mass is 373 g/mol. The van der Waals surface area contributed by atoms with E-state index in [1.54, 1.807) is 18.2 Å². The summed E-state index contributed by atoms with van der Waals surface area (Å²) in [5, 5.41) is 15.9. The minimum Gasteiger partial charge on any atom is -0.463 e. The first-order valence-electron chi connectivity index (χ1n) is 8.06. The minimum absolute atomic E-state index is 0.0487. The zero-order chi connectivity index (χ0) is 17.9. The van der Waals surface area contributed by atoms with E-state index in [4.69, 9.17) is 9.15 Å². The zero-order valence-electron chi connectivity index (χ0n) is 13.6. The van der Waals surface area contributed by atoms with Gasteiger partial charge in [-0.2, -0.15) is 5.10 Å². The van der Waals surface area contributed by atoms with Crippen molar-refractivity contribution in [2.24, 2.45) is 0 Å². The summed E-state index contributed by atoms with van der Waals surface area (Å²) in [6, 6.07) is 6.35. The van der Waals surface area contributed by atoms with Crippen molar-refractivity contribution in [1.82, 2.24) is 20.0 Å². The Balaban J connectivity index is 1.45. The number of rotatable bonds is 5. The summed E-state index contributed by atoms with van der Waals surface area (Å²) in [5.41, 5.74) is 0.0896. The molecule has 0 bridgehead atoms. The highest BCUT2D eigenvalue weighted by atomic mass is 32.1. The summed E-state index contributed by atoms with van der Waals surface area (Å²) in [6.45, 7) is 0.481. The number of carbonyl (C=O) groups is 1. The van der Waals surface area contributed by atoms with Gasteiger partial charge < -0.3 is 9.15 Å². The fourth-order valence-electron chi connectivity index (χ4n) is 2.60. The second-order valence-corrected chi connectivity index (χ2v) is 6.70. The average Bonchev–Trinajstić information content (AvgIpc) is 3.39. The molecular formula is C16H15N5O4S. The summed E-state index contributed by atoms with van der Waals surface area (Å²) in [6.07, 6.45) is 3.36. The van der Waals surface area contributed by atoms with Crippen molar-refractivity contribution in [2.75, 3.05) is 11.9 Å². The Bertz CT molecular complexity index is 959. The van der Waals surface area contributed by atoms with Gasteiger partial charge in [0.2, 0.25) is 11.0 Å². The Labute approximate surface area is 151 Å². The highest BCUT2D eigenvalue weighted by Crippen LogP contribution is 2.31. The van der Waals surface area contributed by atoms with E-state index in [1.165, 1.54) is 23.7 Å². The summed E-state index contributed by atoms with van der Waals surface area (Å²) in [7, 11) is 0. The molecule has 0 saturated carbocycles. The number of carbonyl (C=O) groups excluding carboxylic acids is 1. The molecule has 0 spiro atoms. The predicted molar refractivity (Wildman–Crippen MR) is 92.7 cm³/mol. The highest BCUT2D eigenvalue weighted by Gasteiger charge is 2.22. The van der Waals surface area contributed by atoms with E-state index in [9.17, 15) is 9.59 Å².